The van der Waals surface area contributed by atoms with Gasteiger partial charge in [0.2, 0.25) is 0 Å². The van der Waals surface area contributed by atoms with Crippen LogP contribution in [0, 0.1) is 0 Å². The molecule has 0 spiro atoms. The number of amides is 1. The Morgan fingerprint density at radius 3 is 2.33 bits per heavy atom. The van der Waals surface area contributed by atoms with Gasteiger partial charge in [-0.15, -0.1) is 0 Å². The Bertz CT molecular complexity index is 432. The number of nitrogen functional groups attached to an aromatic ring is 1. The first-order valence-corrected chi connectivity index (χ1v) is 5.82. The molecule has 0 radical (unpaired) electrons. The molecule has 6 heteroatoms. The number of nitrogens with one attached hydrogen (secondary N) is 1. The Balaban J connectivity index is 2.88. The predicted octanol–water partition coefficient (Wildman–Crippen LogP) is 2.09. The fourth-order valence-electron chi connectivity index (χ4n) is 1.38. The third-order valence-electron chi connectivity index (χ3n) is 2.73. The number of carbonyl (C=O) groups is 1. The SMILES string of the molecule is CN(C(=O)OC(C)(C)C)C(C)(C)c1cc(N)[nH]n1. The van der Waals surface area contributed by atoms with Crippen molar-refractivity contribution in [1.82, 2.24) is 15.1 Å². The summed E-state index contributed by atoms with van der Waals surface area (Å²) < 4.78 is 5.33. The van der Waals surface area contributed by atoms with E-state index in [0.717, 1.165) is 0 Å². The number of nitrogens with zero attached hydrogens (tertiary/aromatic N) is 2. The summed E-state index contributed by atoms with van der Waals surface area (Å²) in [5.74, 6) is 0.468. The lowest BCUT2D eigenvalue weighted by atomic mass is 9.99. The van der Waals surface area contributed by atoms with Crippen molar-refractivity contribution < 1.29 is 9.53 Å². The molecule has 6 nitrogen and oxygen atoms in total. The number of hydrogen-bond donors (Lipinski definition) is 2. The summed E-state index contributed by atoms with van der Waals surface area (Å²) in [5, 5.41) is 6.75. The monoisotopic (exact) mass is 254 g/mol. The standard InChI is InChI=1S/C12H22N4O2/c1-11(2,3)18-10(17)16(6)12(4,5)8-7-9(13)15-14-8/h7H,1-6H3,(H3,13,14,15). The molecular formula is C12H22N4O2. The van der Waals surface area contributed by atoms with Gasteiger partial charge in [-0.3, -0.25) is 5.10 Å². The molecular weight excluding hydrogens is 232 g/mol. The zero-order valence-electron chi connectivity index (χ0n) is 11.9. The van der Waals surface area contributed by atoms with Crippen molar-refractivity contribution >= 4 is 11.9 Å². The largest absolute Gasteiger partial charge is 0.444 e. The van der Waals surface area contributed by atoms with Crippen molar-refractivity contribution in [3.63, 3.8) is 0 Å². The van der Waals surface area contributed by atoms with Crippen molar-refractivity contribution in [3.8, 4) is 0 Å². The van der Waals surface area contributed by atoms with E-state index in [9.17, 15) is 4.79 Å². The lowest BCUT2D eigenvalue weighted by Crippen LogP contribution is -2.45. The van der Waals surface area contributed by atoms with Crippen LogP contribution in [0.5, 0.6) is 0 Å². The van der Waals surface area contributed by atoms with Gasteiger partial charge in [0.25, 0.3) is 0 Å². The van der Waals surface area contributed by atoms with Gasteiger partial charge in [-0.1, -0.05) is 0 Å². The lowest BCUT2D eigenvalue weighted by Gasteiger charge is -2.35. The van der Waals surface area contributed by atoms with E-state index in [1.807, 2.05) is 34.6 Å². The van der Waals surface area contributed by atoms with E-state index in [2.05, 4.69) is 10.2 Å². The first-order valence-electron chi connectivity index (χ1n) is 5.82. The molecule has 0 fully saturated rings. The van der Waals surface area contributed by atoms with E-state index in [1.54, 1.807) is 13.1 Å². The van der Waals surface area contributed by atoms with Crippen LogP contribution in [0.4, 0.5) is 10.6 Å². The highest BCUT2D eigenvalue weighted by atomic mass is 16.6. The smallest absolute Gasteiger partial charge is 0.410 e. The van der Waals surface area contributed by atoms with Gasteiger partial charge in [-0.25, -0.2) is 4.79 Å². The van der Waals surface area contributed by atoms with Gasteiger partial charge in [-0.2, -0.15) is 5.10 Å². The zero-order chi connectivity index (χ0) is 14.1. The van der Waals surface area contributed by atoms with E-state index in [4.69, 9.17) is 10.5 Å². The second-order valence-electron chi connectivity index (χ2n) is 5.81. The topological polar surface area (TPSA) is 84.2 Å². The van der Waals surface area contributed by atoms with Crippen molar-refractivity contribution in [2.24, 2.45) is 0 Å². The van der Waals surface area contributed by atoms with Crippen molar-refractivity contribution in [3.05, 3.63) is 11.8 Å². The maximum absolute atomic E-state index is 12.0. The van der Waals surface area contributed by atoms with E-state index in [1.165, 1.54) is 4.90 Å². The Morgan fingerprint density at radius 1 is 1.39 bits per heavy atom. The van der Waals surface area contributed by atoms with Gasteiger partial charge >= 0.3 is 6.09 Å². The summed E-state index contributed by atoms with van der Waals surface area (Å²) >= 11 is 0. The molecule has 0 aliphatic rings. The van der Waals surface area contributed by atoms with Gasteiger partial charge < -0.3 is 15.4 Å². The number of H-pyrrole nitrogens is 1. The molecule has 18 heavy (non-hydrogen) atoms. The molecule has 1 rings (SSSR count). The van der Waals surface area contributed by atoms with E-state index >= 15 is 0 Å². The summed E-state index contributed by atoms with van der Waals surface area (Å²) in [6, 6.07) is 1.71. The van der Waals surface area contributed by atoms with E-state index in [-0.39, 0.29) is 0 Å². The van der Waals surface area contributed by atoms with Crippen molar-refractivity contribution in [2.45, 2.75) is 45.8 Å². The minimum atomic E-state index is -0.601. The second kappa shape index (κ2) is 4.51. The number of ether oxygens (including phenoxy) is 1. The molecule has 0 saturated carbocycles. The highest BCUT2D eigenvalue weighted by Gasteiger charge is 2.34. The first kappa shape index (κ1) is 14.3. The zero-order valence-corrected chi connectivity index (χ0v) is 11.9. The van der Waals surface area contributed by atoms with Gasteiger partial charge in [0.1, 0.15) is 11.4 Å². The Morgan fingerprint density at radius 2 is 1.94 bits per heavy atom. The third kappa shape index (κ3) is 3.15. The lowest BCUT2D eigenvalue weighted by molar-refractivity contribution is 0.00970. The summed E-state index contributed by atoms with van der Waals surface area (Å²) in [7, 11) is 1.68. The highest BCUT2D eigenvalue weighted by molar-refractivity contribution is 5.69. The quantitative estimate of drug-likeness (QED) is 0.846. The van der Waals surface area contributed by atoms with Crippen LogP contribution in [-0.4, -0.2) is 33.8 Å². The van der Waals surface area contributed by atoms with Crippen LogP contribution < -0.4 is 5.73 Å². The predicted molar refractivity (Wildman–Crippen MR) is 70.0 cm³/mol. The van der Waals surface area contributed by atoms with E-state index < -0.39 is 17.2 Å². The van der Waals surface area contributed by atoms with E-state index in [0.29, 0.717) is 11.5 Å². The van der Waals surface area contributed by atoms with Gasteiger partial charge in [0.15, 0.2) is 0 Å². The molecule has 1 heterocycles. The molecule has 0 saturated heterocycles. The van der Waals surface area contributed by atoms with Gasteiger partial charge in [0, 0.05) is 13.1 Å². The number of aromatic nitrogens is 2. The third-order valence-corrected chi connectivity index (χ3v) is 2.73. The molecule has 102 valence electrons. The molecule has 0 bridgehead atoms. The molecule has 1 aromatic heterocycles. The van der Waals surface area contributed by atoms with Crippen LogP contribution in [0.2, 0.25) is 0 Å². The van der Waals surface area contributed by atoms with Crippen molar-refractivity contribution in [1.29, 1.82) is 0 Å². The average molecular weight is 254 g/mol. The molecule has 0 atom stereocenters. The fraction of sp³-hybridized carbons (Fsp3) is 0.667. The summed E-state index contributed by atoms with van der Waals surface area (Å²) in [6.45, 7) is 9.26. The molecule has 3 N–H and O–H groups in total. The highest BCUT2D eigenvalue weighted by Crippen LogP contribution is 2.27. The van der Waals surface area contributed by atoms with Gasteiger partial charge in [0.05, 0.1) is 11.2 Å². The number of rotatable bonds is 2. The summed E-state index contributed by atoms with van der Waals surface area (Å²) in [5.41, 5.74) is 5.17. The number of carbonyl (C=O) groups excluding carboxylic acids is 1. The minimum absolute atomic E-state index is 0.394. The number of hydrogen-bond acceptors (Lipinski definition) is 4. The molecule has 0 aromatic carbocycles. The van der Waals surface area contributed by atoms with Crippen LogP contribution in [0.15, 0.2) is 6.07 Å². The molecule has 0 aliphatic heterocycles. The number of nitrogens with two attached hydrogens (primary N) is 1. The Labute approximate surface area is 107 Å². The maximum Gasteiger partial charge on any atom is 0.410 e. The second-order valence-corrected chi connectivity index (χ2v) is 5.81. The summed E-state index contributed by atoms with van der Waals surface area (Å²) in [4.78, 5) is 13.5. The normalized spacial score (nSPS) is 12.3. The molecule has 0 unspecified atom stereocenters. The van der Waals surface area contributed by atoms with Gasteiger partial charge in [-0.05, 0) is 34.6 Å². The number of aromatic amines is 1. The molecule has 1 aromatic rings. The first-order chi connectivity index (χ1) is 8.04. The van der Waals surface area contributed by atoms with Crippen LogP contribution in [-0.2, 0) is 10.3 Å². The maximum atomic E-state index is 12.0. The Hall–Kier alpha value is -1.72. The minimum Gasteiger partial charge on any atom is -0.444 e. The summed E-state index contributed by atoms with van der Waals surface area (Å²) in [6.07, 6.45) is -0.394. The fourth-order valence-corrected chi connectivity index (χ4v) is 1.38. The van der Waals surface area contributed by atoms with Crippen molar-refractivity contribution in [2.75, 3.05) is 12.8 Å². The molecule has 1 amide bonds. The van der Waals surface area contributed by atoms with Crippen LogP contribution in [0.3, 0.4) is 0 Å². The number of anilines is 1. The van der Waals surface area contributed by atoms with Crippen LogP contribution in [0.25, 0.3) is 0 Å². The van der Waals surface area contributed by atoms with Crippen LogP contribution in [0.1, 0.15) is 40.3 Å². The molecule has 0 aliphatic carbocycles. The van der Waals surface area contributed by atoms with Crippen LogP contribution >= 0.6 is 0 Å². The average Bonchev–Trinajstić information content (AvgIpc) is 2.61. The Kier molecular flexibility index (Phi) is 3.59.